The van der Waals surface area contributed by atoms with E-state index in [1.807, 2.05) is 52.9 Å². The van der Waals surface area contributed by atoms with E-state index in [2.05, 4.69) is 10.00 Å². The van der Waals surface area contributed by atoms with Crippen LogP contribution in [0.25, 0.3) is 0 Å². The maximum atomic E-state index is 8.60. The van der Waals surface area contributed by atoms with Gasteiger partial charge in [-0.2, -0.15) is 5.10 Å². The normalized spacial score (nSPS) is 13.0. The third-order valence-corrected chi connectivity index (χ3v) is 4.22. The van der Waals surface area contributed by atoms with Crippen LogP contribution in [0.15, 0.2) is 24.3 Å². The number of aromatic nitrogens is 2. The molecule has 0 saturated carbocycles. The van der Waals surface area contributed by atoms with Crippen LogP contribution in [0.3, 0.4) is 0 Å². The Morgan fingerprint density at radius 3 is 2.44 bits per heavy atom. The summed E-state index contributed by atoms with van der Waals surface area (Å²) in [5.41, 5.74) is 8.46. The van der Waals surface area contributed by atoms with Gasteiger partial charge in [0, 0.05) is 38.9 Å². The van der Waals surface area contributed by atoms with E-state index < -0.39 is 0 Å². The van der Waals surface area contributed by atoms with Gasteiger partial charge in [-0.3, -0.25) is 14.8 Å². The van der Waals surface area contributed by atoms with Gasteiger partial charge in [-0.15, -0.1) is 0 Å². The first-order valence-corrected chi connectivity index (χ1v) is 9.40. The molecule has 1 aromatic heterocycles. The lowest BCUT2D eigenvalue weighted by Gasteiger charge is -2.13. The molecule has 3 rings (SSSR count). The number of hydrogen-bond acceptors (Lipinski definition) is 5. The maximum Gasteiger partial charge on any atom is 0.151 e. The molecule has 27 heavy (non-hydrogen) atoms. The fourth-order valence-electron chi connectivity index (χ4n) is 3.02. The van der Waals surface area contributed by atoms with Crippen LogP contribution in [-0.4, -0.2) is 34.7 Å². The Bertz CT molecular complexity index is 757. The number of aryl methyl sites for hydroxylation is 1. The molecule has 7 heteroatoms. The van der Waals surface area contributed by atoms with Crippen molar-refractivity contribution in [3.63, 3.8) is 0 Å². The Hall–Kier alpha value is -2.57. The number of nitrogens with zero attached hydrogens (tertiary/aromatic N) is 3. The second kappa shape index (κ2) is 9.94. The first-order chi connectivity index (χ1) is 12.5. The van der Waals surface area contributed by atoms with Gasteiger partial charge in [-0.25, -0.2) is 0 Å². The largest absolute Gasteiger partial charge is 0.491 e. The van der Waals surface area contributed by atoms with E-state index in [4.69, 9.17) is 15.9 Å². The van der Waals surface area contributed by atoms with Gasteiger partial charge in [0.15, 0.2) is 5.82 Å². The van der Waals surface area contributed by atoms with Crippen LogP contribution in [0, 0.1) is 5.41 Å². The van der Waals surface area contributed by atoms with E-state index in [1.165, 1.54) is 12.8 Å². The van der Waals surface area contributed by atoms with Crippen LogP contribution in [0.4, 0.5) is 16.2 Å². The molecule has 0 atom stereocenters. The van der Waals surface area contributed by atoms with Crippen molar-refractivity contribution < 1.29 is 10.9 Å². The summed E-state index contributed by atoms with van der Waals surface area (Å²) in [6.07, 6.45) is 2.48. The van der Waals surface area contributed by atoms with Crippen molar-refractivity contribution in [2.24, 2.45) is 7.05 Å². The van der Waals surface area contributed by atoms with Crippen molar-refractivity contribution in [1.29, 1.82) is 5.41 Å². The fourth-order valence-corrected chi connectivity index (χ4v) is 3.02. The van der Waals surface area contributed by atoms with Crippen LogP contribution >= 0.6 is 0 Å². The van der Waals surface area contributed by atoms with Crippen LogP contribution < -0.4 is 15.4 Å². The lowest BCUT2D eigenvalue weighted by atomic mass is 10.0. The first kappa shape index (κ1) is 22.5. The standard InChI is InChI=1S/C18H25N5O.C2H6.FH.H2/c1-12(2)24-13-6-7-15(19)14(10-13)18(20)16-11-17(21-22(16)3)23-8-4-5-9-23;1-2;;/h6-7,10-12,20H,4-5,8-9,19H2,1-3H3;1-2H3;2*1H. The Balaban J connectivity index is 0.00000177. The molecule has 2 aromatic rings. The zero-order valence-corrected chi connectivity index (χ0v) is 17.0. The van der Waals surface area contributed by atoms with Gasteiger partial charge in [0.25, 0.3) is 0 Å². The molecule has 1 saturated heterocycles. The van der Waals surface area contributed by atoms with Crippen LogP contribution in [0.5, 0.6) is 5.75 Å². The van der Waals surface area contributed by atoms with Crippen molar-refractivity contribution in [3.05, 3.63) is 35.5 Å². The molecule has 0 aliphatic carbocycles. The highest BCUT2D eigenvalue weighted by Gasteiger charge is 2.20. The Morgan fingerprint density at radius 1 is 1.22 bits per heavy atom. The summed E-state index contributed by atoms with van der Waals surface area (Å²) in [6, 6.07) is 7.44. The second-order valence-electron chi connectivity index (χ2n) is 6.50. The third kappa shape index (κ3) is 5.21. The monoisotopic (exact) mass is 379 g/mol. The maximum absolute atomic E-state index is 8.60. The number of hydrogen-bond donors (Lipinski definition) is 2. The molecule has 0 spiro atoms. The molecule has 0 radical (unpaired) electrons. The first-order valence-electron chi connectivity index (χ1n) is 9.40. The zero-order chi connectivity index (χ0) is 19.3. The molecule has 152 valence electrons. The van der Waals surface area contributed by atoms with E-state index in [1.54, 1.807) is 10.7 Å². The number of anilines is 2. The smallest absolute Gasteiger partial charge is 0.151 e. The molecule has 1 aliphatic heterocycles. The van der Waals surface area contributed by atoms with E-state index in [0.717, 1.165) is 30.4 Å². The molecular weight excluding hydrogens is 345 g/mol. The number of benzene rings is 1. The van der Waals surface area contributed by atoms with Gasteiger partial charge in [-0.05, 0) is 44.9 Å². The molecule has 0 unspecified atom stereocenters. The minimum atomic E-state index is 0. The van der Waals surface area contributed by atoms with Gasteiger partial charge in [0.05, 0.1) is 17.5 Å². The lowest BCUT2D eigenvalue weighted by molar-refractivity contribution is 0.242. The summed E-state index contributed by atoms with van der Waals surface area (Å²) in [7, 11) is 1.87. The fraction of sp³-hybridized carbons (Fsp3) is 0.500. The molecule has 2 heterocycles. The lowest BCUT2D eigenvalue weighted by Crippen LogP contribution is -2.18. The highest BCUT2D eigenvalue weighted by atomic mass is 19.0. The van der Waals surface area contributed by atoms with E-state index >= 15 is 0 Å². The average Bonchev–Trinajstić information content (AvgIpc) is 3.27. The van der Waals surface area contributed by atoms with E-state index in [0.29, 0.717) is 17.0 Å². The Labute approximate surface area is 162 Å². The predicted octanol–water partition coefficient (Wildman–Crippen LogP) is 4.23. The number of nitrogens with one attached hydrogen (secondary N) is 1. The van der Waals surface area contributed by atoms with Gasteiger partial charge in [0.1, 0.15) is 5.75 Å². The SMILES string of the molecule is CC.CC(C)Oc1ccc(N)c(C(=N)c2cc(N3CCCC3)nn2C)c1.F.[HH]. The topological polar surface area (TPSA) is 80.2 Å². The Morgan fingerprint density at radius 2 is 1.85 bits per heavy atom. The molecule has 0 bridgehead atoms. The molecule has 1 aliphatic rings. The quantitative estimate of drug-likeness (QED) is 0.602. The van der Waals surface area contributed by atoms with Crippen molar-refractivity contribution in [3.8, 4) is 5.75 Å². The van der Waals surface area contributed by atoms with Crippen molar-refractivity contribution in [2.45, 2.75) is 46.6 Å². The molecule has 0 amide bonds. The van der Waals surface area contributed by atoms with Gasteiger partial charge in [-0.1, -0.05) is 13.8 Å². The summed E-state index contributed by atoms with van der Waals surface area (Å²) in [4.78, 5) is 2.26. The van der Waals surface area contributed by atoms with E-state index in [-0.39, 0.29) is 12.2 Å². The van der Waals surface area contributed by atoms with Crippen LogP contribution in [0.1, 0.15) is 53.2 Å². The summed E-state index contributed by atoms with van der Waals surface area (Å²) in [6.45, 7) is 10.0. The average molecular weight is 380 g/mol. The Kier molecular flexibility index (Phi) is 8.28. The zero-order valence-electron chi connectivity index (χ0n) is 17.0. The number of halogens is 1. The summed E-state index contributed by atoms with van der Waals surface area (Å²) < 4.78 is 7.49. The van der Waals surface area contributed by atoms with Crippen LogP contribution in [0.2, 0.25) is 0 Å². The highest BCUT2D eigenvalue weighted by Crippen LogP contribution is 2.26. The van der Waals surface area contributed by atoms with Crippen LogP contribution in [-0.2, 0) is 7.05 Å². The van der Waals surface area contributed by atoms with E-state index in [9.17, 15) is 0 Å². The third-order valence-electron chi connectivity index (χ3n) is 4.22. The van der Waals surface area contributed by atoms with Crippen molar-refractivity contribution >= 4 is 17.2 Å². The number of nitrogen functional groups attached to an aromatic ring is 1. The minimum absolute atomic E-state index is 0. The molecule has 1 fully saturated rings. The predicted molar refractivity (Wildman–Crippen MR) is 113 cm³/mol. The molecule has 3 N–H and O–H groups in total. The minimum Gasteiger partial charge on any atom is -0.491 e. The van der Waals surface area contributed by atoms with Gasteiger partial charge >= 0.3 is 0 Å². The molecule has 1 aromatic carbocycles. The number of nitrogens with two attached hydrogens (primary N) is 1. The number of ether oxygens (including phenoxy) is 1. The van der Waals surface area contributed by atoms with Crippen molar-refractivity contribution in [2.75, 3.05) is 23.7 Å². The molecular formula is C20H34FN5O. The number of rotatable bonds is 5. The summed E-state index contributed by atoms with van der Waals surface area (Å²) >= 11 is 0. The summed E-state index contributed by atoms with van der Waals surface area (Å²) in [5, 5.41) is 13.2. The van der Waals surface area contributed by atoms with Crippen molar-refractivity contribution in [1.82, 2.24) is 9.78 Å². The highest BCUT2D eigenvalue weighted by molar-refractivity contribution is 6.13. The summed E-state index contributed by atoms with van der Waals surface area (Å²) in [5.74, 6) is 1.66. The van der Waals surface area contributed by atoms with Gasteiger partial charge < -0.3 is 15.4 Å². The van der Waals surface area contributed by atoms with Gasteiger partial charge in [0.2, 0.25) is 0 Å². The molecule has 6 nitrogen and oxygen atoms in total. The second-order valence-corrected chi connectivity index (χ2v) is 6.50.